The van der Waals surface area contributed by atoms with E-state index in [1.165, 1.54) is 77.5 Å². The molecule has 0 spiro atoms. The van der Waals surface area contributed by atoms with Gasteiger partial charge in [-0.25, -0.2) is 0 Å². The third-order valence-electron chi connectivity index (χ3n) is 12.3. The second kappa shape index (κ2) is 14.9. The van der Waals surface area contributed by atoms with Crippen LogP contribution < -0.4 is 4.90 Å². The number of hydrogen-bond donors (Lipinski definition) is 0. The topological polar surface area (TPSA) is 3.24 Å². The minimum absolute atomic E-state index is 0.548. The van der Waals surface area contributed by atoms with Gasteiger partial charge in [0.2, 0.25) is 0 Å². The molecule has 0 fully saturated rings. The van der Waals surface area contributed by atoms with Crippen molar-refractivity contribution in [1.29, 1.82) is 0 Å². The highest BCUT2D eigenvalue weighted by atomic mass is 15.1. The Bertz CT molecular complexity index is 3050. The lowest BCUT2D eigenvalue weighted by atomic mass is 9.66. The molecular weight excluding hydrogens is 723 g/mol. The van der Waals surface area contributed by atoms with E-state index in [9.17, 15) is 0 Å². The summed E-state index contributed by atoms with van der Waals surface area (Å²) in [7, 11) is 0. The Balaban J connectivity index is 1.19. The quantitative estimate of drug-likeness (QED) is 0.149. The molecule has 1 heteroatoms. The normalized spacial score (nSPS) is 12.5. The van der Waals surface area contributed by atoms with E-state index >= 15 is 0 Å². The molecule has 0 saturated heterocycles. The first-order valence-electron chi connectivity index (χ1n) is 20.8. The molecule has 1 aliphatic rings. The van der Waals surface area contributed by atoms with Crippen LogP contribution in [-0.4, -0.2) is 0 Å². The average Bonchev–Trinajstić information content (AvgIpc) is 3.65. The Morgan fingerprint density at radius 2 is 0.667 bits per heavy atom. The molecule has 0 heterocycles. The summed E-state index contributed by atoms with van der Waals surface area (Å²) in [6, 6.07) is 90.9. The number of hydrogen-bond acceptors (Lipinski definition) is 1. The van der Waals surface area contributed by atoms with Gasteiger partial charge in [-0.15, -0.1) is 0 Å². The van der Waals surface area contributed by atoms with Gasteiger partial charge in [0, 0.05) is 17.1 Å². The van der Waals surface area contributed by atoms with Crippen molar-refractivity contribution in [3.63, 3.8) is 0 Å². The number of anilines is 3. The molecule has 0 N–H and O–H groups in total. The van der Waals surface area contributed by atoms with Crippen LogP contribution in [0.15, 0.2) is 249 Å². The number of para-hydroxylation sites is 1. The number of nitrogens with zero attached hydrogens (tertiary/aromatic N) is 1. The maximum atomic E-state index is 2.36. The van der Waals surface area contributed by atoms with E-state index in [0.717, 1.165) is 17.1 Å². The van der Waals surface area contributed by atoms with Crippen molar-refractivity contribution in [2.24, 2.45) is 0 Å². The Morgan fingerprint density at radius 3 is 1.25 bits per heavy atom. The van der Waals surface area contributed by atoms with E-state index in [1.54, 1.807) is 0 Å². The van der Waals surface area contributed by atoms with E-state index < -0.39 is 5.41 Å². The van der Waals surface area contributed by atoms with Crippen LogP contribution in [0.5, 0.6) is 0 Å². The van der Waals surface area contributed by atoms with Crippen molar-refractivity contribution in [2.75, 3.05) is 4.90 Å². The number of rotatable bonds is 8. The Hall–Kier alpha value is -7.74. The minimum atomic E-state index is -0.548. The average molecular weight is 764 g/mol. The largest absolute Gasteiger partial charge is 0.311 e. The lowest BCUT2D eigenvalue weighted by Crippen LogP contribution is -2.28. The van der Waals surface area contributed by atoms with Crippen molar-refractivity contribution in [3.8, 4) is 44.5 Å². The summed E-state index contributed by atoms with van der Waals surface area (Å²) in [6.07, 6.45) is 0. The van der Waals surface area contributed by atoms with Crippen LogP contribution in [0, 0.1) is 0 Å². The van der Waals surface area contributed by atoms with Gasteiger partial charge in [-0.05, 0) is 114 Å². The smallest absolute Gasteiger partial charge is 0.0719 e. The van der Waals surface area contributed by atoms with Gasteiger partial charge < -0.3 is 4.90 Å². The molecule has 0 aromatic heterocycles. The van der Waals surface area contributed by atoms with Crippen molar-refractivity contribution in [2.45, 2.75) is 5.41 Å². The minimum Gasteiger partial charge on any atom is -0.311 e. The van der Waals surface area contributed by atoms with Gasteiger partial charge in [0.05, 0.1) is 5.41 Å². The fraction of sp³-hybridized carbons (Fsp3) is 0.0169. The summed E-state index contributed by atoms with van der Waals surface area (Å²) in [5.74, 6) is 0. The van der Waals surface area contributed by atoms with Gasteiger partial charge in [0.25, 0.3) is 0 Å². The predicted octanol–water partition coefficient (Wildman–Crippen LogP) is 15.7. The van der Waals surface area contributed by atoms with E-state index in [-0.39, 0.29) is 0 Å². The van der Waals surface area contributed by atoms with Crippen LogP contribution >= 0.6 is 0 Å². The lowest BCUT2D eigenvalue weighted by molar-refractivity contribution is 0.775. The molecule has 11 rings (SSSR count). The van der Waals surface area contributed by atoms with Gasteiger partial charge in [0.15, 0.2) is 0 Å². The van der Waals surface area contributed by atoms with Crippen molar-refractivity contribution >= 4 is 27.8 Å². The molecule has 0 aliphatic heterocycles. The third-order valence-corrected chi connectivity index (χ3v) is 12.3. The molecule has 60 heavy (non-hydrogen) atoms. The summed E-state index contributed by atoms with van der Waals surface area (Å²) in [5.41, 5.74) is 17.8. The summed E-state index contributed by atoms with van der Waals surface area (Å²) in [6.45, 7) is 0. The maximum Gasteiger partial charge on any atom is 0.0719 e. The Labute approximate surface area is 352 Å². The fourth-order valence-electron chi connectivity index (χ4n) is 9.83. The molecule has 1 aliphatic carbocycles. The Morgan fingerprint density at radius 1 is 0.267 bits per heavy atom. The second-order valence-electron chi connectivity index (χ2n) is 15.6. The van der Waals surface area contributed by atoms with Gasteiger partial charge in [-0.2, -0.15) is 0 Å². The van der Waals surface area contributed by atoms with Crippen molar-refractivity contribution in [3.05, 3.63) is 271 Å². The Kier molecular flexibility index (Phi) is 8.79. The highest BCUT2D eigenvalue weighted by molar-refractivity contribution is 6.15. The molecule has 0 saturated carbocycles. The molecule has 0 radical (unpaired) electrons. The molecule has 0 amide bonds. The standard InChI is InChI=1S/C59H41N/c1-6-20-42(21-7-1)43-34-38-49(39-35-43)60(48-28-14-5-15-29-48)50-40-36-45(37-41-50)56-55(44-22-8-2-9-23-44)51-30-16-17-31-52(51)58-57(56)53-32-18-19-33-54(53)59(58,46-24-10-3-11-25-46)47-26-12-4-13-27-47/h1-41H. The molecule has 282 valence electrons. The van der Waals surface area contributed by atoms with Crippen molar-refractivity contribution in [1.82, 2.24) is 0 Å². The van der Waals surface area contributed by atoms with Gasteiger partial charge in [-0.1, -0.05) is 212 Å². The van der Waals surface area contributed by atoms with E-state index in [0.29, 0.717) is 0 Å². The first-order valence-corrected chi connectivity index (χ1v) is 20.8. The van der Waals surface area contributed by atoms with Gasteiger partial charge in [-0.3, -0.25) is 0 Å². The molecular formula is C59H41N. The van der Waals surface area contributed by atoms with Crippen LogP contribution in [0.1, 0.15) is 22.3 Å². The fourth-order valence-corrected chi connectivity index (χ4v) is 9.83. The molecule has 1 nitrogen and oxygen atoms in total. The van der Waals surface area contributed by atoms with E-state index in [1.807, 2.05) is 0 Å². The van der Waals surface area contributed by atoms with Crippen LogP contribution in [-0.2, 0) is 5.41 Å². The van der Waals surface area contributed by atoms with E-state index in [4.69, 9.17) is 0 Å². The molecule has 0 bridgehead atoms. The second-order valence-corrected chi connectivity index (χ2v) is 15.6. The summed E-state index contributed by atoms with van der Waals surface area (Å²) in [4.78, 5) is 2.35. The van der Waals surface area contributed by atoms with Gasteiger partial charge >= 0.3 is 0 Å². The van der Waals surface area contributed by atoms with Crippen LogP contribution in [0.4, 0.5) is 17.1 Å². The maximum absolute atomic E-state index is 2.36. The predicted molar refractivity (Wildman–Crippen MR) is 252 cm³/mol. The van der Waals surface area contributed by atoms with Gasteiger partial charge in [0.1, 0.15) is 0 Å². The highest BCUT2D eigenvalue weighted by Gasteiger charge is 2.48. The monoisotopic (exact) mass is 763 g/mol. The lowest BCUT2D eigenvalue weighted by Gasteiger charge is -2.35. The molecule has 0 unspecified atom stereocenters. The molecule has 10 aromatic rings. The molecule has 0 atom stereocenters. The zero-order chi connectivity index (χ0) is 39.9. The molecule has 10 aromatic carbocycles. The summed E-state index contributed by atoms with van der Waals surface area (Å²) < 4.78 is 0. The number of fused-ring (bicyclic) bond motifs is 5. The highest BCUT2D eigenvalue weighted by Crippen LogP contribution is 2.62. The SMILES string of the molecule is c1ccc(-c2ccc(N(c3ccccc3)c3ccc(-c4c5c(c6ccccc6c4-c4ccccc4)C(c4ccccc4)(c4ccccc4)c4ccccc4-5)cc3)cc2)cc1. The zero-order valence-electron chi connectivity index (χ0n) is 33.1. The first-order chi connectivity index (χ1) is 29.8. The first kappa shape index (κ1) is 35.4. The van der Waals surface area contributed by atoms with E-state index in [2.05, 4.69) is 254 Å². The van der Waals surface area contributed by atoms with Crippen LogP contribution in [0.25, 0.3) is 55.3 Å². The summed E-state index contributed by atoms with van der Waals surface area (Å²) >= 11 is 0. The zero-order valence-corrected chi connectivity index (χ0v) is 33.1. The number of benzene rings is 10. The van der Waals surface area contributed by atoms with Crippen LogP contribution in [0.3, 0.4) is 0 Å². The third kappa shape index (κ3) is 5.70. The van der Waals surface area contributed by atoms with Crippen molar-refractivity contribution < 1.29 is 0 Å². The van der Waals surface area contributed by atoms with Crippen LogP contribution in [0.2, 0.25) is 0 Å². The summed E-state index contributed by atoms with van der Waals surface area (Å²) in [5, 5.41) is 2.51.